The minimum atomic E-state index is 0.266. The number of benzene rings is 2. The molecule has 0 saturated carbocycles. The lowest BCUT2D eigenvalue weighted by Gasteiger charge is -2.09. The Balaban J connectivity index is 1.81. The van der Waals surface area contributed by atoms with E-state index in [2.05, 4.69) is 15.3 Å². The van der Waals surface area contributed by atoms with E-state index in [1.807, 2.05) is 61.7 Å². The van der Waals surface area contributed by atoms with Gasteiger partial charge in [0.1, 0.15) is 12.4 Å². The quantitative estimate of drug-likeness (QED) is 0.403. The van der Waals surface area contributed by atoms with Crippen molar-refractivity contribution in [1.29, 1.82) is 0 Å². The second kappa shape index (κ2) is 9.80. The smallest absolute Gasteiger partial charge is 0.211 e. The lowest BCUT2D eigenvalue weighted by atomic mass is 10.2. The van der Waals surface area contributed by atoms with Gasteiger partial charge < -0.3 is 14.2 Å². The molecule has 28 heavy (non-hydrogen) atoms. The number of rotatable bonds is 9. The molecule has 7 nitrogen and oxygen atoms in total. The van der Waals surface area contributed by atoms with Crippen LogP contribution >= 0.6 is 11.8 Å². The molecule has 0 unspecified atom stereocenters. The van der Waals surface area contributed by atoms with Crippen LogP contribution in [0.5, 0.6) is 17.2 Å². The fourth-order valence-electron chi connectivity index (χ4n) is 2.46. The summed E-state index contributed by atoms with van der Waals surface area (Å²) in [4.78, 5) is 0. The van der Waals surface area contributed by atoms with E-state index in [1.54, 1.807) is 18.0 Å². The summed E-state index contributed by atoms with van der Waals surface area (Å²) in [6.07, 6.45) is 3.66. The fourth-order valence-corrected chi connectivity index (χ4v) is 2.91. The Bertz CT molecular complexity index is 928. The van der Waals surface area contributed by atoms with Gasteiger partial charge in [0.2, 0.25) is 5.16 Å². The molecule has 3 rings (SSSR count). The molecule has 0 amide bonds. The van der Waals surface area contributed by atoms with Crippen molar-refractivity contribution in [3.8, 4) is 17.2 Å². The first-order chi connectivity index (χ1) is 13.7. The number of nitrogens with zero attached hydrogens (tertiary/aromatic N) is 4. The van der Waals surface area contributed by atoms with Gasteiger partial charge in [0, 0.05) is 0 Å². The normalized spacial score (nSPS) is 11.0. The van der Waals surface area contributed by atoms with Gasteiger partial charge in [0.25, 0.3) is 0 Å². The Labute approximate surface area is 168 Å². The lowest BCUT2D eigenvalue weighted by Crippen LogP contribution is -2.05. The number of para-hydroxylation sites is 1. The van der Waals surface area contributed by atoms with E-state index in [0.717, 1.165) is 11.3 Å². The van der Waals surface area contributed by atoms with Crippen molar-refractivity contribution in [2.75, 3.05) is 20.0 Å². The predicted octanol–water partition coefficient (Wildman–Crippen LogP) is 3.87. The van der Waals surface area contributed by atoms with Crippen molar-refractivity contribution in [2.24, 2.45) is 5.10 Å². The molecule has 2 aromatic carbocycles. The summed E-state index contributed by atoms with van der Waals surface area (Å²) in [6, 6.07) is 15.2. The first-order valence-corrected chi connectivity index (χ1v) is 9.99. The van der Waals surface area contributed by atoms with Crippen LogP contribution in [-0.4, -0.2) is 41.1 Å². The summed E-state index contributed by atoms with van der Waals surface area (Å²) < 4.78 is 18.4. The molecule has 0 radical (unpaired) electrons. The average Bonchev–Trinajstić information content (AvgIpc) is 3.13. The van der Waals surface area contributed by atoms with E-state index in [0.29, 0.717) is 29.1 Å². The van der Waals surface area contributed by atoms with E-state index < -0.39 is 0 Å². The van der Waals surface area contributed by atoms with Gasteiger partial charge in [0.15, 0.2) is 17.3 Å². The molecule has 0 fully saturated rings. The van der Waals surface area contributed by atoms with E-state index in [9.17, 15) is 0 Å². The molecule has 0 aliphatic carbocycles. The summed E-state index contributed by atoms with van der Waals surface area (Å²) in [7, 11) is 1.62. The summed E-state index contributed by atoms with van der Waals surface area (Å²) in [5, 5.41) is 13.6. The van der Waals surface area contributed by atoms with Gasteiger partial charge in [-0.1, -0.05) is 30.0 Å². The molecule has 0 bridgehead atoms. The Kier molecular flexibility index (Phi) is 6.91. The average molecular weight is 398 g/mol. The van der Waals surface area contributed by atoms with Crippen LogP contribution in [-0.2, 0) is 6.61 Å². The minimum Gasteiger partial charge on any atom is -0.493 e. The number of ether oxygens (including phenoxy) is 3. The largest absolute Gasteiger partial charge is 0.493 e. The molecule has 1 heterocycles. The van der Waals surface area contributed by atoms with Gasteiger partial charge in [-0.05, 0) is 49.1 Å². The molecule has 0 aliphatic rings. The van der Waals surface area contributed by atoms with E-state index in [4.69, 9.17) is 14.2 Å². The molecule has 0 spiro atoms. The summed E-state index contributed by atoms with van der Waals surface area (Å²) >= 11 is 1.47. The third-order valence-corrected chi connectivity index (χ3v) is 4.40. The minimum absolute atomic E-state index is 0.266. The highest BCUT2D eigenvalue weighted by atomic mass is 32.2. The summed E-state index contributed by atoms with van der Waals surface area (Å²) in [5.41, 5.74) is 0.875. The fraction of sp³-hybridized carbons (Fsp3) is 0.250. The van der Waals surface area contributed by atoms with Crippen molar-refractivity contribution < 1.29 is 14.2 Å². The highest BCUT2D eigenvalue weighted by Gasteiger charge is 2.11. The maximum absolute atomic E-state index is 5.78. The monoisotopic (exact) mass is 398 g/mol. The van der Waals surface area contributed by atoms with E-state index >= 15 is 0 Å². The van der Waals surface area contributed by atoms with Crippen molar-refractivity contribution in [1.82, 2.24) is 14.9 Å². The van der Waals surface area contributed by atoms with Crippen LogP contribution in [0.3, 0.4) is 0 Å². The van der Waals surface area contributed by atoms with Crippen LogP contribution in [0.4, 0.5) is 0 Å². The Hall–Kier alpha value is -3.00. The molecule has 0 aliphatic heterocycles. The topological polar surface area (TPSA) is 70.8 Å². The Morgan fingerprint density at radius 3 is 2.61 bits per heavy atom. The molecule has 0 N–H and O–H groups in total. The predicted molar refractivity (Wildman–Crippen MR) is 110 cm³/mol. The van der Waals surface area contributed by atoms with Gasteiger partial charge in [-0.25, -0.2) is 0 Å². The van der Waals surface area contributed by atoms with E-state index in [-0.39, 0.29) is 6.61 Å². The zero-order valence-electron chi connectivity index (χ0n) is 16.0. The third kappa shape index (κ3) is 4.83. The van der Waals surface area contributed by atoms with Crippen LogP contribution < -0.4 is 14.2 Å². The molecular formula is C20H22N4O3S. The standard InChI is InChI=1S/C20H22N4O3S/c1-4-26-18-12-15(10-11-17(18)25-2)13-21-24-19(22-23-20(24)28-3)14-27-16-8-6-5-7-9-16/h5-13H,4,14H2,1-3H3/b21-13-. The molecule has 146 valence electrons. The Morgan fingerprint density at radius 1 is 1.07 bits per heavy atom. The first-order valence-electron chi connectivity index (χ1n) is 8.76. The van der Waals surface area contributed by atoms with Crippen molar-refractivity contribution >= 4 is 18.0 Å². The SMILES string of the molecule is CCOc1cc(/C=N\n2c(COc3ccccc3)nnc2SC)ccc1OC. The van der Waals surface area contributed by atoms with Gasteiger partial charge in [-0.3, -0.25) is 0 Å². The number of hydrogen-bond donors (Lipinski definition) is 0. The zero-order valence-corrected chi connectivity index (χ0v) is 16.8. The van der Waals surface area contributed by atoms with Crippen molar-refractivity contribution in [2.45, 2.75) is 18.7 Å². The number of hydrogen-bond acceptors (Lipinski definition) is 7. The lowest BCUT2D eigenvalue weighted by molar-refractivity contribution is 0.290. The second-order valence-corrected chi connectivity index (χ2v) is 6.38. The molecule has 0 atom stereocenters. The van der Waals surface area contributed by atoms with Gasteiger partial charge in [-0.2, -0.15) is 9.78 Å². The van der Waals surface area contributed by atoms with Crippen molar-refractivity contribution in [3.05, 3.63) is 59.9 Å². The van der Waals surface area contributed by atoms with Crippen molar-refractivity contribution in [3.63, 3.8) is 0 Å². The summed E-state index contributed by atoms with van der Waals surface area (Å²) in [6.45, 7) is 2.75. The van der Waals surface area contributed by atoms with Crippen LogP contribution in [0.2, 0.25) is 0 Å². The van der Waals surface area contributed by atoms with E-state index in [1.165, 1.54) is 11.8 Å². The number of methoxy groups -OCH3 is 1. The molecule has 0 saturated heterocycles. The highest BCUT2D eigenvalue weighted by Crippen LogP contribution is 2.27. The maximum atomic E-state index is 5.78. The van der Waals surface area contributed by atoms with Crippen LogP contribution in [0.15, 0.2) is 58.8 Å². The zero-order chi connectivity index (χ0) is 19.8. The van der Waals surface area contributed by atoms with Crippen LogP contribution in [0.1, 0.15) is 18.3 Å². The number of aromatic nitrogens is 3. The molecular weight excluding hydrogens is 376 g/mol. The van der Waals surface area contributed by atoms with Crippen LogP contribution in [0, 0.1) is 0 Å². The summed E-state index contributed by atoms with van der Waals surface area (Å²) in [5.74, 6) is 2.74. The Morgan fingerprint density at radius 2 is 1.89 bits per heavy atom. The van der Waals surface area contributed by atoms with Crippen LogP contribution in [0.25, 0.3) is 0 Å². The van der Waals surface area contributed by atoms with Gasteiger partial charge >= 0.3 is 0 Å². The second-order valence-electron chi connectivity index (χ2n) is 5.60. The molecule has 8 heteroatoms. The van der Waals surface area contributed by atoms with Gasteiger partial charge in [0.05, 0.1) is 19.9 Å². The number of thioether (sulfide) groups is 1. The molecule has 3 aromatic rings. The maximum Gasteiger partial charge on any atom is 0.211 e. The molecule has 1 aromatic heterocycles. The first kappa shape index (κ1) is 19.8. The highest BCUT2D eigenvalue weighted by molar-refractivity contribution is 7.98. The third-order valence-electron chi connectivity index (χ3n) is 3.78. The van der Waals surface area contributed by atoms with Gasteiger partial charge in [-0.15, -0.1) is 10.2 Å².